The van der Waals surface area contributed by atoms with Crippen LogP contribution in [-0.2, 0) is 0 Å². The molecule has 0 unspecified atom stereocenters. The summed E-state index contributed by atoms with van der Waals surface area (Å²) in [4.78, 5) is 0. The quantitative estimate of drug-likeness (QED) is 0.791. The molecule has 0 heterocycles. The van der Waals surface area contributed by atoms with Gasteiger partial charge in [0.15, 0.2) is 0 Å². The summed E-state index contributed by atoms with van der Waals surface area (Å²) in [5.41, 5.74) is 0.420. The van der Waals surface area contributed by atoms with Crippen molar-refractivity contribution in [1.29, 1.82) is 10.5 Å². The molecule has 0 aromatic heterocycles. The van der Waals surface area contributed by atoms with Crippen molar-refractivity contribution < 1.29 is 13.9 Å². The van der Waals surface area contributed by atoms with E-state index in [0.29, 0.717) is 17.1 Å². The van der Waals surface area contributed by atoms with Crippen LogP contribution >= 0.6 is 0 Å². The average molecular weight is 282 g/mol. The summed E-state index contributed by atoms with van der Waals surface area (Å²) in [6, 6.07) is 14.7. The zero-order valence-corrected chi connectivity index (χ0v) is 11.0. The van der Waals surface area contributed by atoms with E-state index >= 15 is 0 Å². The number of hydrogen-bond acceptors (Lipinski definition) is 4. The standard InChI is InChI=1S/C16H11FN2O2/c17-15-9-14(6-5-12(15)10-18)20-7-8-21-16-4-2-1-3-13(16)11-19/h1-6,9H,7-8H2. The van der Waals surface area contributed by atoms with Crippen LogP contribution in [0.1, 0.15) is 11.1 Å². The smallest absolute Gasteiger partial charge is 0.144 e. The van der Waals surface area contributed by atoms with Crippen LogP contribution in [-0.4, -0.2) is 13.2 Å². The Balaban J connectivity index is 1.87. The fourth-order valence-corrected chi connectivity index (χ4v) is 1.67. The van der Waals surface area contributed by atoms with E-state index in [4.69, 9.17) is 20.0 Å². The molecule has 0 radical (unpaired) electrons. The molecule has 2 aromatic carbocycles. The largest absolute Gasteiger partial charge is 0.490 e. The van der Waals surface area contributed by atoms with Gasteiger partial charge in [-0.2, -0.15) is 10.5 Å². The Bertz CT molecular complexity index is 717. The third-order valence-corrected chi connectivity index (χ3v) is 2.68. The molecular formula is C16H11FN2O2. The second-order valence-corrected chi connectivity index (χ2v) is 4.06. The van der Waals surface area contributed by atoms with Crippen LogP contribution in [0.5, 0.6) is 11.5 Å². The molecule has 2 rings (SSSR count). The predicted molar refractivity (Wildman–Crippen MR) is 73.3 cm³/mol. The van der Waals surface area contributed by atoms with Gasteiger partial charge >= 0.3 is 0 Å². The first-order valence-electron chi connectivity index (χ1n) is 6.19. The molecule has 5 heteroatoms. The molecule has 104 valence electrons. The topological polar surface area (TPSA) is 66.0 Å². The Kier molecular flexibility index (Phi) is 4.74. The predicted octanol–water partition coefficient (Wildman–Crippen LogP) is 3.03. The highest BCUT2D eigenvalue weighted by atomic mass is 19.1. The van der Waals surface area contributed by atoms with Crippen molar-refractivity contribution in [3.8, 4) is 23.6 Å². The maximum Gasteiger partial charge on any atom is 0.144 e. The maximum absolute atomic E-state index is 13.4. The summed E-state index contributed by atoms with van der Waals surface area (Å²) >= 11 is 0. The van der Waals surface area contributed by atoms with E-state index in [0.717, 1.165) is 6.07 Å². The first-order valence-corrected chi connectivity index (χ1v) is 6.19. The van der Waals surface area contributed by atoms with Crippen LogP contribution in [0.2, 0.25) is 0 Å². The maximum atomic E-state index is 13.4. The van der Waals surface area contributed by atoms with Crippen molar-refractivity contribution >= 4 is 0 Å². The molecule has 0 atom stereocenters. The van der Waals surface area contributed by atoms with Gasteiger partial charge in [-0.1, -0.05) is 12.1 Å². The van der Waals surface area contributed by atoms with Crippen molar-refractivity contribution in [3.63, 3.8) is 0 Å². The van der Waals surface area contributed by atoms with Crippen LogP contribution in [0.4, 0.5) is 4.39 Å². The number of halogens is 1. The first kappa shape index (κ1) is 14.4. The molecule has 0 aliphatic carbocycles. The Labute approximate surface area is 121 Å². The van der Waals surface area contributed by atoms with Gasteiger partial charge in [0.25, 0.3) is 0 Å². The average Bonchev–Trinajstić information content (AvgIpc) is 2.52. The minimum Gasteiger partial charge on any atom is -0.490 e. The molecule has 0 amide bonds. The van der Waals surface area contributed by atoms with Crippen LogP contribution in [0.15, 0.2) is 42.5 Å². The molecule has 21 heavy (non-hydrogen) atoms. The molecule has 0 bridgehead atoms. The molecule has 0 saturated carbocycles. The van der Waals surface area contributed by atoms with Gasteiger partial charge in [-0.05, 0) is 24.3 Å². The lowest BCUT2D eigenvalue weighted by molar-refractivity contribution is 0.216. The summed E-state index contributed by atoms with van der Waals surface area (Å²) in [7, 11) is 0. The van der Waals surface area contributed by atoms with E-state index in [1.165, 1.54) is 12.1 Å². The molecule has 0 saturated heterocycles. The Morgan fingerprint density at radius 3 is 2.33 bits per heavy atom. The van der Waals surface area contributed by atoms with Crippen LogP contribution in [0, 0.1) is 28.5 Å². The highest BCUT2D eigenvalue weighted by molar-refractivity contribution is 5.42. The monoisotopic (exact) mass is 282 g/mol. The third kappa shape index (κ3) is 3.71. The van der Waals surface area contributed by atoms with E-state index in [1.54, 1.807) is 30.3 Å². The number of para-hydroxylation sites is 1. The number of nitriles is 2. The van der Waals surface area contributed by atoms with E-state index in [-0.39, 0.29) is 18.8 Å². The Hall–Kier alpha value is -3.05. The second kappa shape index (κ2) is 6.93. The van der Waals surface area contributed by atoms with E-state index in [2.05, 4.69) is 0 Å². The Morgan fingerprint density at radius 1 is 0.905 bits per heavy atom. The number of rotatable bonds is 5. The molecule has 0 aliphatic heterocycles. The normalized spacial score (nSPS) is 9.48. The lowest BCUT2D eigenvalue weighted by atomic mass is 10.2. The van der Waals surface area contributed by atoms with Gasteiger partial charge in [0.2, 0.25) is 0 Å². The SMILES string of the molecule is N#Cc1ccc(OCCOc2ccccc2C#N)cc1F. The molecular weight excluding hydrogens is 271 g/mol. The lowest BCUT2D eigenvalue weighted by Crippen LogP contribution is -2.09. The van der Waals surface area contributed by atoms with Gasteiger partial charge < -0.3 is 9.47 Å². The van der Waals surface area contributed by atoms with E-state index < -0.39 is 5.82 Å². The number of nitrogens with zero attached hydrogens (tertiary/aromatic N) is 2. The van der Waals surface area contributed by atoms with E-state index in [9.17, 15) is 4.39 Å². The highest BCUT2D eigenvalue weighted by Gasteiger charge is 2.04. The molecule has 4 nitrogen and oxygen atoms in total. The van der Waals surface area contributed by atoms with Gasteiger partial charge in [-0.25, -0.2) is 4.39 Å². The van der Waals surface area contributed by atoms with E-state index in [1.807, 2.05) is 6.07 Å². The van der Waals surface area contributed by atoms with Crippen molar-refractivity contribution in [1.82, 2.24) is 0 Å². The zero-order chi connectivity index (χ0) is 15.1. The highest BCUT2D eigenvalue weighted by Crippen LogP contribution is 2.18. The van der Waals surface area contributed by atoms with Gasteiger partial charge in [-0.3, -0.25) is 0 Å². The summed E-state index contributed by atoms with van der Waals surface area (Å²) in [5, 5.41) is 17.5. The molecule has 0 aliphatic rings. The minimum absolute atomic E-state index is 0.0263. The fourth-order valence-electron chi connectivity index (χ4n) is 1.67. The summed E-state index contributed by atoms with van der Waals surface area (Å²) < 4.78 is 24.1. The Morgan fingerprint density at radius 2 is 1.62 bits per heavy atom. The van der Waals surface area contributed by atoms with Crippen LogP contribution < -0.4 is 9.47 Å². The summed E-state index contributed by atoms with van der Waals surface area (Å²) in [6.07, 6.45) is 0. The number of hydrogen-bond donors (Lipinski definition) is 0. The van der Waals surface area contributed by atoms with Crippen LogP contribution in [0.3, 0.4) is 0 Å². The molecule has 0 spiro atoms. The van der Waals surface area contributed by atoms with Crippen molar-refractivity contribution in [2.75, 3.05) is 13.2 Å². The summed E-state index contributed by atoms with van der Waals surface area (Å²) in [5.74, 6) is 0.184. The third-order valence-electron chi connectivity index (χ3n) is 2.68. The van der Waals surface area contributed by atoms with Gasteiger partial charge in [0.1, 0.15) is 42.7 Å². The molecule has 2 aromatic rings. The first-order chi connectivity index (χ1) is 10.2. The molecule has 0 N–H and O–H groups in total. The van der Waals surface area contributed by atoms with Gasteiger partial charge in [-0.15, -0.1) is 0 Å². The minimum atomic E-state index is -0.620. The zero-order valence-electron chi connectivity index (χ0n) is 11.0. The van der Waals surface area contributed by atoms with Gasteiger partial charge in [0.05, 0.1) is 11.1 Å². The van der Waals surface area contributed by atoms with Crippen molar-refractivity contribution in [2.24, 2.45) is 0 Å². The van der Waals surface area contributed by atoms with Crippen LogP contribution in [0.25, 0.3) is 0 Å². The lowest BCUT2D eigenvalue weighted by Gasteiger charge is -2.09. The second-order valence-electron chi connectivity index (χ2n) is 4.06. The molecule has 0 fully saturated rings. The van der Waals surface area contributed by atoms with Crippen molar-refractivity contribution in [3.05, 3.63) is 59.4 Å². The number of benzene rings is 2. The fraction of sp³-hybridized carbons (Fsp3) is 0.125. The summed E-state index contributed by atoms with van der Waals surface area (Å²) in [6.45, 7) is 0.422. The van der Waals surface area contributed by atoms with Gasteiger partial charge in [0, 0.05) is 6.07 Å². The van der Waals surface area contributed by atoms with Crippen molar-refractivity contribution in [2.45, 2.75) is 0 Å². The number of ether oxygens (including phenoxy) is 2.